The van der Waals surface area contributed by atoms with Crippen molar-refractivity contribution >= 4 is 6.21 Å². The molecule has 1 N–H and O–H groups in total. The molecular weight excluding hydrogens is 74.1 g/mol. The van der Waals surface area contributed by atoms with Crippen LogP contribution in [-0.4, -0.2) is 6.21 Å². The van der Waals surface area contributed by atoms with E-state index in [0.29, 0.717) is 5.92 Å². The smallest absolute Gasteiger partial charge is 0.00196 e. The Bertz CT molecular complexity index is 41.2. The quantitative estimate of drug-likeness (QED) is 0.493. The third kappa shape index (κ3) is 1.94. The molecule has 0 saturated heterocycles. The molecule has 0 bridgehead atoms. The van der Waals surface area contributed by atoms with Crippen LogP contribution in [0.15, 0.2) is 0 Å². The van der Waals surface area contributed by atoms with Gasteiger partial charge in [0.1, 0.15) is 0 Å². The lowest BCUT2D eigenvalue weighted by atomic mass is 10.1. The zero-order valence-electron chi connectivity index (χ0n) is 4.36. The fourth-order valence-electron chi connectivity index (χ4n) is 0.118. The molecule has 0 aromatic rings. The van der Waals surface area contributed by atoms with Crippen LogP contribution in [0.5, 0.6) is 0 Å². The Morgan fingerprint density at radius 2 is 2.33 bits per heavy atom. The lowest BCUT2D eigenvalue weighted by Gasteiger charge is -1.92. The minimum atomic E-state index is 0.477. The molecule has 0 aromatic carbocycles. The Labute approximate surface area is 38.9 Å². The van der Waals surface area contributed by atoms with Crippen molar-refractivity contribution in [3.05, 3.63) is 0 Å². The van der Waals surface area contributed by atoms with E-state index >= 15 is 0 Å². The molecule has 0 spiro atoms. The van der Waals surface area contributed by atoms with Gasteiger partial charge in [-0.15, -0.1) is 0 Å². The fourth-order valence-corrected chi connectivity index (χ4v) is 0.118. The van der Waals surface area contributed by atoms with E-state index < -0.39 is 0 Å². The van der Waals surface area contributed by atoms with Crippen molar-refractivity contribution in [3.63, 3.8) is 0 Å². The minimum absolute atomic E-state index is 0.477. The molecule has 0 aliphatic rings. The summed E-state index contributed by atoms with van der Waals surface area (Å²) in [6, 6.07) is 0. The first-order chi connectivity index (χ1) is 2.81. The number of rotatable bonds is 2. The molecule has 0 rings (SSSR count). The normalized spacial score (nSPS) is 13.7. The summed E-state index contributed by atoms with van der Waals surface area (Å²) in [5, 5.41) is 6.68. The molecule has 0 amide bonds. The van der Waals surface area contributed by atoms with Crippen molar-refractivity contribution in [1.29, 1.82) is 5.41 Å². The van der Waals surface area contributed by atoms with Gasteiger partial charge in [-0.05, 0) is 18.6 Å². The van der Waals surface area contributed by atoms with Gasteiger partial charge in [0.25, 0.3) is 0 Å². The van der Waals surface area contributed by atoms with Crippen LogP contribution in [0.4, 0.5) is 0 Å². The molecule has 0 aliphatic carbocycles. The topological polar surface area (TPSA) is 23.9 Å². The van der Waals surface area contributed by atoms with Crippen LogP contribution in [0, 0.1) is 11.3 Å². The average Bonchev–Trinajstić information content (AvgIpc) is 1.65. The second-order valence-corrected chi connectivity index (χ2v) is 1.55. The summed E-state index contributed by atoms with van der Waals surface area (Å²) in [7, 11) is 0. The predicted octanol–water partition coefficient (Wildman–Crippen LogP) is 1.68. The molecule has 0 aromatic heterocycles. The summed E-state index contributed by atoms with van der Waals surface area (Å²) < 4.78 is 0. The standard InChI is InChI=1S/C5H11N/c1-3-5(2)4-6/h4-6H,3H2,1-2H3/t5-/m1/s1. The molecule has 0 aliphatic heterocycles. The summed E-state index contributed by atoms with van der Waals surface area (Å²) >= 11 is 0. The highest BCUT2D eigenvalue weighted by molar-refractivity contribution is 5.55. The molecule has 0 saturated carbocycles. The van der Waals surface area contributed by atoms with Crippen molar-refractivity contribution in [2.75, 3.05) is 0 Å². The van der Waals surface area contributed by atoms with Crippen molar-refractivity contribution in [3.8, 4) is 0 Å². The fraction of sp³-hybridized carbons (Fsp3) is 0.800. The van der Waals surface area contributed by atoms with Crippen LogP contribution < -0.4 is 0 Å². The Morgan fingerprint density at radius 1 is 1.83 bits per heavy atom. The highest BCUT2D eigenvalue weighted by Gasteiger charge is 1.86. The van der Waals surface area contributed by atoms with Gasteiger partial charge in [0.05, 0.1) is 0 Å². The first kappa shape index (κ1) is 5.67. The van der Waals surface area contributed by atoms with Gasteiger partial charge < -0.3 is 5.41 Å². The highest BCUT2D eigenvalue weighted by Crippen LogP contribution is 1.92. The summed E-state index contributed by atoms with van der Waals surface area (Å²) in [6.07, 6.45) is 2.56. The molecule has 0 heterocycles. The summed E-state index contributed by atoms with van der Waals surface area (Å²) in [4.78, 5) is 0. The lowest BCUT2D eigenvalue weighted by Crippen LogP contribution is -1.88. The van der Waals surface area contributed by atoms with E-state index in [1.54, 1.807) is 0 Å². The van der Waals surface area contributed by atoms with Crippen molar-refractivity contribution in [1.82, 2.24) is 0 Å². The summed E-state index contributed by atoms with van der Waals surface area (Å²) in [6.45, 7) is 4.11. The van der Waals surface area contributed by atoms with E-state index in [1.165, 1.54) is 6.21 Å². The van der Waals surface area contributed by atoms with Crippen LogP contribution in [0.1, 0.15) is 20.3 Å². The van der Waals surface area contributed by atoms with E-state index in [4.69, 9.17) is 5.41 Å². The number of hydrogen-bond acceptors (Lipinski definition) is 1. The zero-order chi connectivity index (χ0) is 4.99. The van der Waals surface area contributed by atoms with Crippen LogP contribution >= 0.6 is 0 Å². The molecule has 1 heteroatoms. The molecule has 6 heavy (non-hydrogen) atoms. The Balaban J connectivity index is 2.96. The number of hydrogen-bond donors (Lipinski definition) is 1. The average molecular weight is 85.1 g/mol. The van der Waals surface area contributed by atoms with Crippen molar-refractivity contribution in [2.45, 2.75) is 20.3 Å². The van der Waals surface area contributed by atoms with E-state index in [9.17, 15) is 0 Å². The second-order valence-electron chi connectivity index (χ2n) is 1.55. The SMILES string of the molecule is CC[C@@H](C)C=N. The van der Waals surface area contributed by atoms with E-state index in [0.717, 1.165) is 6.42 Å². The van der Waals surface area contributed by atoms with Gasteiger partial charge >= 0.3 is 0 Å². The first-order valence-corrected chi connectivity index (χ1v) is 2.31. The third-order valence-corrected chi connectivity index (χ3v) is 0.928. The van der Waals surface area contributed by atoms with Gasteiger partial charge in [-0.3, -0.25) is 0 Å². The molecule has 0 fully saturated rings. The molecule has 1 nitrogen and oxygen atoms in total. The molecule has 0 unspecified atom stereocenters. The monoisotopic (exact) mass is 85.1 g/mol. The van der Waals surface area contributed by atoms with Crippen molar-refractivity contribution < 1.29 is 0 Å². The van der Waals surface area contributed by atoms with Crippen molar-refractivity contribution in [2.24, 2.45) is 5.92 Å². The molecule has 36 valence electrons. The molecular formula is C5H11N. The third-order valence-electron chi connectivity index (χ3n) is 0.928. The zero-order valence-corrected chi connectivity index (χ0v) is 4.36. The largest absolute Gasteiger partial charge is 0.313 e. The first-order valence-electron chi connectivity index (χ1n) is 2.31. The second kappa shape index (κ2) is 2.88. The maximum absolute atomic E-state index is 6.68. The highest BCUT2D eigenvalue weighted by atomic mass is 14.3. The van der Waals surface area contributed by atoms with Gasteiger partial charge in [0.15, 0.2) is 0 Å². The molecule has 0 radical (unpaired) electrons. The minimum Gasteiger partial charge on any atom is -0.313 e. The van der Waals surface area contributed by atoms with Crippen LogP contribution in [0.25, 0.3) is 0 Å². The van der Waals surface area contributed by atoms with E-state index in [1.807, 2.05) is 6.92 Å². The maximum Gasteiger partial charge on any atom is -0.00196 e. The Kier molecular flexibility index (Phi) is 2.73. The Morgan fingerprint density at radius 3 is 2.33 bits per heavy atom. The number of nitrogens with one attached hydrogen (secondary N) is 1. The van der Waals surface area contributed by atoms with Gasteiger partial charge in [0.2, 0.25) is 0 Å². The van der Waals surface area contributed by atoms with Crippen LogP contribution in [0.2, 0.25) is 0 Å². The predicted molar refractivity (Wildman–Crippen MR) is 28.2 cm³/mol. The van der Waals surface area contributed by atoms with Gasteiger partial charge in [-0.25, -0.2) is 0 Å². The van der Waals surface area contributed by atoms with E-state index in [-0.39, 0.29) is 0 Å². The van der Waals surface area contributed by atoms with Gasteiger partial charge in [-0.2, -0.15) is 0 Å². The van der Waals surface area contributed by atoms with Crippen LogP contribution in [-0.2, 0) is 0 Å². The van der Waals surface area contributed by atoms with Gasteiger partial charge in [-0.1, -0.05) is 13.8 Å². The van der Waals surface area contributed by atoms with Crippen LogP contribution in [0.3, 0.4) is 0 Å². The lowest BCUT2D eigenvalue weighted by molar-refractivity contribution is 0.751. The van der Waals surface area contributed by atoms with Gasteiger partial charge in [0, 0.05) is 0 Å². The maximum atomic E-state index is 6.68. The summed E-state index contributed by atoms with van der Waals surface area (Å²) in [5.74, 6) is 0.477. The molecule has 1 atom stereocenters. The summed E-state index contributed by atoms with van der Waals surface area (Å²) in [5.41, 5.74) is 0. The van der Waals surface area contributed by atoms with E-state index in [2.05, 4.69) is 6.92 Å². The Hall–Kier alpha value is -0.330.